The summed E-state index contributed by atoms with van der Waals surface area (Å²) in [6, 6.07) is 13.9. The number of benzene rings is 1. The fourth-order valence-corrected chi connectivity index (χ4v) is 2.26. The van der Waals surface area contributed by atoms with Crippen LogP contribution in [0.25, 0.3) is 16.9 Å². The first-order valence-electron chi connectivity index (χ1n) is 6.41. The zero-order valence-corrected chi connectivity index (χ0v) is 11.4. The van der Waals surface area contributed by atoms with Crippen molar-refractivity contribution in [3.8, 4) is 11.4 Å². The summed E-state index contributed by atoms with van der Waals surface area (Å²) < 4.78 is 1.94. The summed E-state index contributed by atoms with van der Waals surface area (Å²) in [5.74, 6) is 0.785. The molecule has 0 spiro atoms. The smallest absolute Gasteiger partial charge is 0.170 e. The van der Waals surface area contributed by atoms with Crippen LogP contribution >= 0.6 is 0 Å². The van der Waals surface area contributed by atoms with Gasteiger partial charge >= 0.3 is 0 Å². The lowest BCUT2D eigenvalue weighted by Crippen LogP contribution is -2.08. The number of aldehydes is 1. The van der Waals surface area contributed by atoms with Crippen molar-refractivity contribution >= 4 is 17.5 Å². The fraction of sp³-hybridized carbons (Fsp3) is 0.125. The van der Waals surface area contributed by atoms with Gasteiger partial charge in [-0.05, 0) is 36.4 Å². The molecular formula is C16H15N3O. The van der Waals surface area contributed by atoms with Crippen molar-refractivity contribution in [1.82, 2.24) is 9.38 Å². The van der Waals surface area contributed by atoms with E-state index in [1.807, 2.05) is 72.1 Å². The molecule has 0 unspecified atom stereocenters. The number of rotatable bonds is 3. The highest BCUT2D eigenvalue weighted by Crippen LogP contribution is 2.24. The molecule has 0 atom stereocenters. The second-order valence-electron chi connectivity index (χ2n) is 4.84. The Kier molecular flexibility index (Phi) is 2.99. The average molecular weight is 265 g/mol. The number of nitrogens with zero attached hydrogens (tertiary/aromatic N) is 3. The Hall–Kier alpha value is -2.62. The van der Waals surface area contributed by atoms with Gasteiger partial charge in [-0.2, -0.15) is 0 Å². The molecule has 0 aliphatic heterocycles. The minimum Gasteiger partial charge on any atom is -0.378 e. The Labute approximate surface area is 117 Å². The second kappa shape index (κ2) is 4.81. The molecule has 0 fully saturated rings. The molecule has 4 heteroatoms. The SMILES string of the molecule is CN(C)c1ccc(-c2nc(C=O)c3ccccn23)cc1. The quantitative estimate of drug-likeness (QED) is 0.683. The van der Waals surface area contributed by atoms with Crippen molar-refractivity contribution in [3.63, 3.8) is 0 Å². The summed E-state index contributed by atoms with van der Waals surface area (Å²) in [4.78, 5) is 17.6. The third-order valence-corrected chi connectivity index (χ3v) is 3.33. The van der Waals surface area contributed by atoms with Gasteiger partial charge in [0.1, 0.15) is 11.5 Å². The Morgan fingerprint density at radius 1 is 1.10 bits per heavy atom. The van der Waals surface area contributed by atoms with E-state index in [1.54, 1.807) is 0 Å². The van der Waals surface area contributed by atoms with Crippen LogP contribution in [0.2, 0.25) is 0 Å². The Balaban J connectivity index is 2.16. The van der Waals surface area contributed by atoms with E-state index < -0.39 is 0 Å². The lowest BCUT2D eigenvalue weighted by Gasteiger charge is -2.12. The highest BCUT2D eigenvalue weighted by molar-refractivity contribution is 5.86. The van der Waals surface area contributed by atoms with Crippen molar-refractivity contribution in [2.24, 2.45) is 0 Å². The molecule has 100 valence electrons. The minimum absolute atomic E-state index is 0.470. The van der Waals surface area contributed by atoms with Crippen LogP contribution in [0, 0.1) is 0 Å². The van der Waals surface area contributed by atoms with Crippen molar-refractivity contribution in [2.75, 3.05) is 19.0 Å². The summed E-state index contributed by atoms with van der Waals surface area (Å²) in [5.41, 5.74) is 3.42. The van der Waals surface area contributed by atoms with Crippen LogP contribution in [0.15, 0.2) is 48.7 Å². The molecule has 2 aromatic heterocycles. The summed E-state index contributed by atoms with van der Waals surface area (Å²) in [7, 11) is 4.01. The number of carbonyl (C=O) groups is 1. The van der Waals surface area contributed by atoms with Gasteiger partial charge in [0.05, 0.1) is 5.52 Å². The summed E-state index contributed by atoms with van der Waals surface area (Å²) >= 11 is 0. The van der Waals surface area contributed by atoms with Crippen LogP contribution in [0.1, 0.15) is 10.5 Å². The van der Waals surface area contributed by atoms with E-state index in [0.29, 0.717) is 5.69 Å². The molecule has 2 heterocycles. The number of fused-ring (bicyclic) bond motifs is 1. The molecule has 0 aliphatic rings. The van der Waals surface area contributed by atoms with Crippen LogP contribution in [0.5, 0.6) is 0 Å². The number of aromatic nitrogens is 2. The van der Waals surface area contributed by atoms with Crippen molar-refractivity contribution in [1.29, 1.82) is 0 Å². The van der Waals surface area contributed by atoms with E-state index in [9.17, 15) is 4.79 Å². The van der Waals surface area contributed by atoms with E-state index in [2.05, 4.69) is 4.98 Å². The van der Waals surface area contributed by atoms with Crippen molar-refractivity contribution in [2.45, 2.75) is 0 Å². The maximum absolute atomic E-state index is 11.1. The molecule has 0 radical (unpaired) electrons. The van der Waals surface area contributed by atoms with Gasteiger partial charge < -0.3 is 4.90 Å². The molecule has 1 aromatic carbocycles. The summed E-state index contributed by atoms with van der Waals surface area (Å²) in [6.07, 6.45) is 2.72. The molecule has 4 nitrogen and oxygen atoms in total. The average Bonchev–Trinajstić information content (AvgIpc) is 2.86. The van der Waals surface area contributed by atoms with E-state index in [4.69, 9.17) is 0 Å². The molecule has 0 bridgehead atoms. The normalized spacial score (nSPS) is 10.7. The van der Waals surface area contributed by atoms with E-state index in [0.717, 1.165) is 28.9 Å². The summed E-state index contributed by atoms with van der Waals surface area (Å²) in [5, 5.41) is 0. The number of hydrogen-bond acceptors (Lipinski definition) is 3. The lowest BCUT2D eigenvalue weighted by molar-refractivity contribution is 0.112. The first-order chi connectivity index (χ1) is 9.70. The molecule has 0 aliphatic carbocycles. The van der Waals surface area contributed by atoms with Crippen LogP contribution in [0.4, 0.5) is 5.69 Å². The zero-order chi connectivity index (χ0) is 14.1. The Morgan fingerprint density at radius 3 is 2.50 bits per heavy atom. The summed E-state index contributed by atoms with van der Waals surface area (Å²) in [6.45, 7) is 0. The Morgan fingerprint density at radius 2 is 1.85 bits per heavy atom. The molecular weight excluding hydrogens is 250 g/mol. The van der Waals surface area contributed by atoms with E-state index in [1.165, 1.54) is 0 Å². The largest absolute Gasteiger partial charge is 0.378 e. The van der Waals surface area contributed by atoms with Crippen molar-refractivity contribution < 1.29 is 4.79 Å². The first kappa shape index (κ1) is 12.4. The van der Waals surface area contributed by atoms with Gasteiger partial charge in [0, 0.05) is 31.5 Å². The standard InChI is InChI=1S/C16H15N3O/c1-18(2)13-8-6-12(7-9-13)16-17-14(11-20)15-5-3-4-10-19(15)16/h3-11H,1-2H3. The number of anilines is 1. The van der Waals surface area contributed by atoms with Gasteiger partial charge in [0.25, 0.3) is 0 Å². The fourth-order valence-electron chi connectivity index (χ4n) is 2.26. The topological polar surface area (TPSA) is 37.6 Å². The molecule has 3 rings (SSSR count). The number of hydrogen-bond donors (Lipinski definition) is 0. The molecule has 0 saturated carbocycles. The maximum Gasteiger partial charge on any atom is 0.170 e. The molecule has 0 amide bonds. The third-order valence-electron chi connectivity index (χ3n) is 3.33. The van der Waals surface area contributed by atoms with E-state index in [-0.39, 0.29) is 0 Å². The number of pyridine rings is 1. The van der Waals surface area contributed by atoms with Gasteiger partial charge in [-0.15, -0.1) is 0 Å². The van der Waals surface area contributed by atoms with Crippen molar-refractivity contribution in [3.05, 3.63) is 54.4 Å². The third kappa shape index (κ3) is 1.95. The lowest BCUT2D eigenvalue weighted by atomic mass is 10.2. The number of carbonyl (C=O) groups excluding carboxylic acids is 1. The minimum atomic E-state index is 0.470. The van der Waals surface area contributed by atoms with Crippen LogP contribution in [-0.4, -0.2) is 29.8 Å². The van der Waals surface area contributed by atoms with Gasteiger partial charge in [0.2, 0.25) is 0 Å². The molecule has 20 heavy (non-hydrogen) atoms. The van der Waals surface area contributed by atoms with Gasteiger partial charge in [-0.25, -0.2) is 4.98 Å². The monoisotopic (exact) mass is 265 g/mol. The van der Waals surface area contributed by atoms with Crippen LogP contribution < -0.4 is 4.90 Å². The van der Waals surface area contributed by atoms with Gasteiger partial charge in [-0.3, -0.25) is 9.20 Å². The predicted octanol–water partition coefficient (Wildman–Crippen LogP) is 2.88. The second-order valence-corrected chi connectivity index (χ2v) is 4.84. The Bertz CT molecular complexity index is 757. The van der Waals surface area contributed by atoms with Gasteiger partial charge in [-0.1, -0.05) is 6.07 Å². The molecule has 3 aromatic rings. The van der Waals surface area contributed by atoms with Crippen LogP contribution in [-0.2, 0) is 0 Å². The maximum atomic E-state index is 11.1. The van der Waals surface area contributed by atoms with Crippen LogP contribution in [0.3, 0.4) is 0 Å². The highest BCUT2D eigenvalue weighted by atomic mass is 16.1. The number of imidazole rings is 1. The first-order valence-corrected chi connectivity index (χ1v) is 6.41. The molecule has 0 N–H and O–H groups in total. The predicted molar refractivity (Wildman–Crippen MR) is 80.3 cm³/mol. The molecule has 0 saturated heterocycles. The van der Waals surface area contributed by atoms with Gasteiger partial charge in [0.15, 0.2) is 6.29 Å². The highest BCUT2D eigenvalue weighted by Gasteiger charge is 2.11. The zero-order valence-electron chi connectivity index (χ0n) is 11.4. The van der Waals surface area contributed by atoms with E-state index >= 15 is 0 Å².